The highest BCUT2D eigenvalue weighted by Crippen LogP contribution is 2.22. The van der Waals surface area contributed by atoms with Crippen LogP contribution >= 0.6 is 0 Å². The van der Waals surface area contributed by atoms with Gasteiger partial charge in [-0.1, -0.05) is 35.5 Å². The molecule has 1 N–H and O–H groups in total. The summed E-state index contributed by atoms with van der Waals surface area (Å²) in [7, 11) is -2.11. The molecule has 0 aliphatic heterocycles. The second-order valence-corrected chi connectivity index (χ2v) is 8.39. The van der Waals surface area contributed by atoms with Crippen molar-refractivity contribution in [2.24, 2.45) is 0 Å². The van der Waals surface area contributed by atoms with Crippen LogP contribution in [0.4, 0.5) is 5.69 Å². The number of methoxy groups -OCH3 is 1. The van der Waals surface area contributed by atoms with Crippen molar-refractivity contribution < 1.29 is 22.5 Å². The van der Waals surface area contributed by atoms with E-state index in [0.717, 1.165) is 10.6 Å². The molecule has 0 bridgehead atoms. The fourth-order valence-electron chi connectivity index (χ4n) is 2.90. The molecule has 10 heteroatoms. The fourth-order valence-corrected chi connectivity index (χ4v) is 4.08. The molecule has 30 heavy (non-hydrogen) atoms. The van der Waals surface area contributed by atoms with Crippen LogP contribution in [-0.2, 0) is 21.4 Å². The van der Waals surface area contributed by atoms with E-state index in [9.17, 15) is 13.2 Å². The zero-order chi connectivity index (χ0) is 21.7. The summed E-state index contributed by atoms with van der Waals surface area (Å²) in [5.74, 6) is 0.709. The third-order valence-corrected chi connectivity index (χ3v) is 5.55. The van der Waals surface area contributed by atoms with Crippen molar-refractivity contribution in [1.82, 2.24) is 15.5 Å². The van der Waals surface area contributed by atoms with E-state index in [-0.39, 0.29) is 12.4 Å². The van der Waals surface area contributed by atoms with Crippen LogP contribution in [0.2, 0.25) is 0 Å². The number of carbonyl (C=O) groups excluding carboxylic acids is 1. The van der Waals surface area contributed by atoms with Crippen LogP contribution in [0.1, 0.15) is 12.8 Å². The second-order valence-electron chi connectivity index (χ2n) is 6.53. The van der Waals surface area contributed by atoms with Gasteiger partial charge in [-0.15, -0.1) is 0 Å². The number of anilines is 1. The van der Waals surface area contributed by atoms with E-state index in [2.05, 4.69) is 15.5 Å². The summed E-state index contributed by atoms with van der Waals surface area (Å²) in [5.41, 5.74) is 1.11. The topological polar surface area (TPSA) is 115 Å². The van der Waals surface area contributed by atoms with E-state index in [4.69, 9.17) is 9.26 Å². The van der Waals surface area contributed by atoms with Crippen molar-refractivity contribution in [3.05, 3.63) is 60.5 Å². The highest BCUT2D eigenvalue weighted by molar-refractivity contribution is 7.92. The first-order chi connectivity index (χ1) is 14.3. The molecule has 158 valence electrons. The minimum absolute atomic E-state index is 0.0352. The number of rotatable bonds is 8. The van der Waals surface area contributed by atoms with Crippen molar-refractivity contribution >= 4 is 21.6 Å². The van der Waals surface area contributed by atoms with Gasteiger partial charge in [0.05, 0.1) is 25.6 Å². The molecule has 0 spiro atoms. The SMILES string of the molecule is COc1cccc(-c2noc(CNC(=O)[C@@H](C)N(c3ccccc3)S(C)(=O)=O)n2)c1. The van der Waals surface area contributed by atoms with Crippen LogP contribution in [0.25, 0.3) is 11.4 Å². The molecule has 0 unspecified atom stereocenters. The number of nitrogens with zero attached hydrogens (tertiary/aromatic N) is 3. The lowest BCUT2D eigenvalue weighted by molar-refractivity contribution is -0.122. The van der Waals surface area contributed by atoms with Crippen molar-refractivity contribution in [2.45, 2.75) is 19.5 Å². The van der Waals surface area contributed by atoms with E-state index in [1.165, 1.54) is 6.92 Å². The van der Waals surface area contributed by atoms with E-state index < -0.39 is 22.0 Å². The Morgan fingerprint density at radius 1 is 1.20 bits per heavy atom. The lowest BCUT2D eigenvalue weighted by Gasteiger charge is -2.28. The average Bonchev–Trinajstić information content (AvgIpc) is 3.21. The monoisotopic (exact) mass is 430 g/mol. The van der Waals surface area contributed by atoms with E-state index in [0.29, 0.717) is 22.8 Å². The number of nitrogens with one attached hydrogen (secondary N) is 1. The van der Waals surface area contributed by atoms with Crippen LogP contribution in [0.15, 0.2) is 59.1 Å². The number of amides is 1. The number of para-hydroxylation sites is 1. The van der Waals surface area contributed by atoms with Gasteiger partial charge >= 0.3 is 0 Å². The van der Waals surface area contributed by atoms with Crippen molar-refractivity contribution in [3.63, 3.8) is 0 Å². The molecule has 1 aromatic heterocycles. The van der Waals surface area contributed by atoms with Crippen LogP contribution < -0.4 is 14.4 Å². The predicted octanol–water partition coefficient (Wildman–Crippen LogP) is 2.22. The van der Waals surface area contributed by atoms with E-state index >= 15 is 0 Å². The Morgan fingerprint density at radius 3 is 2.60 bits per heavy atom. The molecule has 3 aromatic rings. The Hall–Kier alpha value is -3.40. The molecule has 0 aliphatic carbocycles. The van der Waals surface area contributed by atoms with Gasteiger partial charge in [-0.3, -0.25) is 9.10 Å². The maximum atomic E-state index is 12.6. The Morgan fingerprint density at radius 2 is 1.93 bits per heavy atom. The van der Waals surface area contributed by atoms with Gasteiger partial charge in [0.15, 0.2) is 0 Å². The minimum atomic E-state index is -3.67. The summed E-state index contributed by atoms with van der Waals surface area (Å²) in [5, 5.41) is 6.55. The molecule has 1 heterocycles. The quantitative estimate of drug-likeness (QED) is 0.583. The number of benzene rings is 2. The maximum absolute atomic E-state index is 12.6. The smallest absolute Gasteiger partial charge is 0.246 e. The lowest BCUT2D eigenvalue weighted by atomic mass is 10.2. The standard InChI is InChI=1S/C20H22N4O5S/c1-14(24(30(3,26)27)16-9-5-4-6-10-16)20(25)21-13-18-22-19(23-29-18)15-8-7-11-17(12-15)28-2/h4-12,14H,13H2,1-3H3,(H,21,25)/t14-/m1/s1. The molecule has 2 aromatic carbocycles. The van der Waals surface area contributed by atoms with E-state index in [1.54, 1.807) is 55.6 Å². The number of aromatic nitrogens is 2. The summed E-state index contributed by atoms with van der Waals surface area (Å²) in [6.45, 7) is 1.48. The number of carbonyl (C=O) groups is 1. The van der Waals surface area contributed by atoms with Gasteiger partial charge in [0.1, 0.15) is 11.8 Å². The van der Waals surface area contributed by atoms with Gasteiger partial charge in [0.2, 0.25) is 27.6 Å². The van der Waals surface area contributed by atoms with Crippen molar-refractivity contribution in [1.29, 1.82) is 0 Å². The molecule has 0 radical (unpaired) electrons. The maximum Gasteiger partial charge on any atom is 0.246 e. The van der Waals surface area contributed by atoms with Gasteiger partial charge in [-0.25, -0.2) is 8.42 Å². The average molecular weight is 430 g/mol. The van der Waals surface area contributed by atoms with Gasteiger partial charge in [-0.2, -0.15) is 4.98 Å². The summed E-state index contributed by atoms with van der Waals surface area (Å²) in [6, 6.07) is 14.6. The van der Waals surface area contributed by atoms with Crippen molar-refractivity contribution in [2.75, 3.05) is 17.7 Å². The Kier molecular flexibility index (Phi) is 6.36. The normalized spacial score (nSPS) is 12.2. The predicted molar refractivity (Wildman–Crippen MR) is 111 cm³/mol. The lowest BCUT2D eigenvalue weighted by Crippen LogP contribution is -2.47. The first-order valence-electron chi connectivity index (χ1n) is 9.09. The second kappa shape index (κ2) is 8.95. The highest BCUT2D eigenvalue weighted by atomic mass is 32.2. The molecule has 0 saturated heterocycles. The third-order valence-electron chi connectivity index (χ3n) is 4.31. The third kappa shape index (κ3) is 4.95. The largest absolute Gasteiger partial charge is 0.497 e. The zero-order valence-corrected chi connectivity index (χ0v) is 17.6. The van der Waals surface area contributed by atoms with Crippen LogP contribution in [-0.4, -0.2) is 43.9 Å². The van der Waals surface area contributed by atoms with Gasteiger partial charge in [0, 0.05) is 5.56 Å². The van der Waals surface area contributed by atoms with Crippen molar-refractivity contribution in [3.8, 4) is 17.1 Å². The summed E-state index contributed by atoms with van der Waals surface area (Å²) in [6.07, 6.45) is 1.06. The molecule has 9 nitrogen and oxygen atoms in total. The Labute approximate surface area is 174 Å². The molecular formula is C20H22N4O5S. The first-order valence-corrected chi connectivity index (χ1v) is 10.9. The van der Waals surface area contributed by atoms with Crippen LogP contribution in [0.5, 0.6) is 5.75 Å². The number of hydrogen-bond acceptors (Lipinski definition) is 7. The Balaban J connectivity index is 1.69. The summed E-state index contributed by atoms with van der Waals surface area (Å²) < 4.78 is 36.0. The number of ether oxygens (including phenoxy) is 1. The molecule has 0 fully saturated rings. The highest BCUT2D eigenvalue weighted by Gasteiger charge is 2.29. The molecular weight excluding hydrogens is 408 g/mol. The van der Waals surface area contributed by atoms with Gasteiger partial charge in [0.25, 0.3) is 0 Å². The summed E-state index contributed by atoms with van der Waals surface area (Å²) >= 11 is 0. The number of sulfonamides is 1. The summed E-state index contributed by atoms with van der Waals surface area (Å²) in [4.78, 5) is 16.9. The molecule has 0 saturated carbocycles. The van der Waals surface area contributed by atoms with Gasteiger partial charge < -0.3 is 14.6 Å². The molecule has 0 aliphatic rings. The van der Waals surface area contributed by atoms with Crippen LogP contribution in [0.3, 0.4) is 0 Å². The van der Waals surface area contributed by atoms with Crippen LogP contribution in [0, 0.1) is 0 Å². The Bertz CT molecular complexity index is 1110. The molecule has 3 rings (SSSR count). The molecule has 1 atom stereocenters. The molecule has 1 amide bonds. The first kappa shape index (κ1) is 21.3. The van der Waals surface area contributed by atoms with E-state index in [1.807, 2.05) is 6.07 Å². The number of hydrogen-bond donors (Lipinski definition) is 1. The fraction of sp³-hybridized carbons (Fsp3) is 0.250. The zero-order valence-electron chi connectivity index (χ0n) is 16.8. The van der Waals surface area contributed by atoms with Gasteiger partial charge in [-0.05, 0) is 31.2 Å². The minimum Gasteiger partial charge on any atom is -0.497 e.